The molecule has 1 aromatic carbocycles. The van der Waals surface area contributed by atoms with Crippen LogP contribution in [0.3, 0.4) is 0 Å². The van der Waals surface area contributed by atoms with Crippen LogP contribution in [0, 0.1) is 0 Å². The molecule has 0 saturated carbocycles. The molecule has 0 saturated heterocycles. The van der Waals surface area contributed by atoms with E-state index < -0.39 is 7.60 Å². The maximum Gasteiger partial charge on any atom is 0.344 e. The predicted molar refractivity (Wildman–Crippen MR) is 112 cm³/mol. The fraction of sp³-hybridized carbons (Fsp3) is 0.318. The third-order valence-electron chi connectivity index (χ3n) is 4.38. The number of rotatable bonds is 11. The van der Waals surface area contributed by atoms with Crippen molar-refractivity contribution in [2.24, 2.45) is 0 Å². The van der Waals surface area contributed by atoms with Crippen molar-refractivity contribution in [3.8, 4) is 0 Å². The van der Waals surface area contributed by atoms with Gasteiger partial charge in [-0.2, -0.15) is 0 Å². The molecule has 7 heteroatoms. The summed E-state index contributed by atoms with van der Waals surface area (Å²) in [6.07, 6.45) is 3.50. The van der Waals surface area contributed by atoms with E-state index in [9.17, 15) is 4.57 Å². The molecule has 0 fully saturated rings. The Hall–Kier alpha value is -2.24. The van der Waals surface area contributed by atoms with Crippen molar-refractivity contribution in [1.29, 1.82) is 0 Å². The summed E-state index contributed by atoms with van der Waals surface area (Å²) in [4.78, 5) is 6.59. The minimum atomic E-state index is -3.33. The first-order valence-corrected chi connectivity index (χ1v) is 11.5. The van der Waals surface area contributed by atoms with Gasteiger partial charge in [0.05, 0.1) is 25.2 Å². The van der Waals surface area contributed by atoms with Crippen molar-refractivity contribution >= 4 is 7.60 Å². The lowest BCUT2D eigenvalue weighted by atomic mass is 10.1. The average molecular weight is 414 g/mol. The van der Waals surface area contributed by atoms with Crippen molar-refractivity contribution < 1.29 is 18.0 Å². The molecule has 3 aromatic rings. The van der Waals surface area contributed by atoms with Gasteiger partial charge >= 0.3 is 7.60 Å². The number of aromatic nitrogens is 1. The van der Waals surface area contributed by atoms with Gasteiger partial charge < -0.3 is 13.5 Å². The summed E-state index contributed by atoms with van der Waals surface area (Å²) in [6.45, 7) is 4.79. The van der Waals surface area contributed by atoms with Crippen LogP contribution in [0.1, 0.15) is 36.9 Å². The van der Waals surface area contributed by atoms with Gasteiger partial charge in [-0.25, -0.2) is 0 Å². The number of furan rings is 1. The number of pyridine rings is 1. The molecule has 154 valence electrons. The van der Waals surface area contributed by atoms with Crippen molar-refractivity contribution in [2.75, 3.05) is 19.5 Å². The lowest BCUT2D eigenvalue weighted by molar-refractivity contribution is 0.169. The Morgan fingerprint density at radius 1 is 1.00 bits per heavy atom. The van der Waals surface area contributed by atoms with Gasteiger partial charge in [-0.3, -0.25) is 14.4 Å². The molecule has 6 nitrogen and oxygen atoms in total. The molecule has 0 N–H and O–H groups in total. The van der Waals surface area contributed by atoms with Gasteiger partial charge in [0, 0.05) is 12.7 Å². The van der Waals surface area contributed by atoms with Crippen molar-refractivity contribution in [2.45, 2.75) is 26.4 Å². The van der Waals surface area contributed by atoms with Crippen LogP contribution in [0.15, 0.2) is 77.5 Å². The van der Waals surface area contributed by atoms with Gasteiger partial charge in [0.2, 0.25) is 0 Å². The van der Waals surface area contributed by atoms with E-state index in [-0.39, 0.29) is 12.3 Å². The Kier molecular flexibility index (Phi) is 7.78. The zero-order chi connectivity index (χ0) is 20.5. The van der Waals surface area contributed by atoms with Crippen molar-refractivity contribution in [3.63, 3.8) is 0 Å². The van der Waals surface area contributed by atoms with Gasteiger partial charge in [0.25, 0.3) is 0 Å². The zero-order valence-electron chi connectivity index (χ0n) is 16.8. The van der Waals surface area contributed by atoms with Crippen LogP contribution in [0.2, 0.25) is 0 Å². The standard InChI is InChI=1S/C22H27N2O4P/c1-3-27-29(25,28-4-2)18-24(17-19-11-6-5-7-12-19)22(21-14-10-16-26-21)20-13-8-9-15-23-20/h5-16,22H,3-4,17-18H2,1-2H3. The number of hydrogen-bond donors (Lipinski definition) is 0. The van der Waals surface area contributed by atoms with E-state index in [4.69, 9.17) is 13.5 Å². The molecule has 2 heterocycles. The second-order valence-electron chi connectivity index (χ2n) is 6.49. The van der Waals surface area contributed by atoms with E-state index in [1.165, 1.54) is 0 Å². The lowest BCUT2D eigenvalue weighted by Crippen LogP contribution is -2.31. The highest BCUT2D eigenvalue weighted by Gasteiger charge is 2.34. The first-order valence-electron chi connectivity index (χ1n) is 9.75. The Bertz CT molecular complexity index is 878. The van der Waals surface area contributed by atoms with E-state index in [2.05, 4.69) is 4.98 Å². The third-order valence-corrected chi connectivity index (χ3v) is 6.39. The minimum absolute atomic E-state index is 0.117. The SMILES string of the molecule is CCOP(=O)(CN(Cc1ccccc1)C(c1ccccn1)c1ccco1)OCC. The number of benzene rings is 1. The second-order valence-corrected chi connectivity index (χ2v) is 8.51. The highest BCUT2D eigenvalue weighted by Crippen LogP contribution is 2.50. The van der Waals surface area contributed by atoms with E-state index in [0.29, 0.717) is 19.8 Å². The molecular formula is C22H27N2O4P. The second kappa shape index (κ2) is 10.5. The van der Waals surface area contributed by atoms with Crippen LogP contribution in [-0.2, 0) is 20.2 Å². The Labute approximate surface area is 172 Å². The summed E-state index contributed by atoms with van der Waals surface area (Å²) in [7, 11) is -3.33. The average Bonchev–Trinajstić information content (AvgIpc) is 3.24. The quantitative estimate of drug-likeness (QED) is 0.387. The smallest absolute Gasteiger partial charge is 0.344 e. The minimum Gasteiger partial charge on any atom is -0.467 e. The Morgan fingerprint density at radius 2 is 1.72 bits per heavy atom. The molecule has 0 aliphatic rings. The molecule has 2 aromatic heterocycles. The van der Waals surface area contributed by atoms with Gasteiger partial charge in [0.1, 0.15) is 18.1 Å². The fourth-order valence-electron chi connectivity index (χ4n) is 3.27. The van der Waals surface area contributed by atoms with Crippen LogP contribution in [0.4, 0.5) is 0 Å². The molecule has 1 unspecified atom stereocenters. The van der Waals surface area contributed by atoms with Crippen molar-refractivity contribution in [3.05, 3.63) is 90.1 Å². The first kappa shape index (κ1) is 21.5. The summed E-state index contributed by atoms with van der Waals surface area (Å²) in [5.41, 5.74) is 1.89. The molecule has 0 radical (unpaired) electrons. The third kappa shape index (κ3) is 5.87. The van der Waals surface area contributed by atoms with Crippen LogP contribution in [-0.4, -0.2) is 29.4 Å². The molecule has 29 heavy (non-hydrogen) atoms. The monoisotopic (exact) mass is 414 g/mol. The zero-order valence-corrected chi connectivity index (χ0v) is 17.7. The number of nitrogens with zero attached hydrogens (tertiary/aromatic N) is 2. The first-order chi connectivity index (χ1) is 14.1. The van der Waals surface area contributed by atoms with E-state index in [1.54, 1.807) is 12.5 Å². The van der Waals surface area contributed by atoms with E-state index in [0.717, 1.165) is 17.0 Å². The molecule has 0 spiro atoms. The van der Waals surface area contributed by atoms with Crippen LogP contribution < -0.4 is 0 Å². The highest BCUT2D eigenvalue weighted by atomic mass is 31.2. The summed E-state index contributed by atoms with van der Waals surface area (Å²) >= 11 is 0. The van der Waals surface area contributed by atoms with Gasteiger partial charge in [-0.15, -0.1) is 0 Å². The summed E-state index contributed by atoms with van der Waals surface area (Å²) in [5, 5.41) is 0. The Balaban J connectivity index is 2.02. The molecular weight excluding hydrogens is 387 g/mol. The molecule has 0 aliphatic heterocycles. The van der Waals surface area contributed by atoms with Gasteiger partial charge in [-0.1, -0.05) is 36.4 Å². The number of hydrogen-bond acceptors (Lipinski definition) is 6. The highest BCUT2D eigenvalue weighted by molar-refractivity contribution is 7.53. The molecule has 1 atom stereocenters. The molecule has 0 amide bonds. The lowest BCUT2D eigenvalue weighted by Gasteiger charge is -2.32. The Morgan fingerprint density at radius 3 is 2.31 bits per heavy atom. The topological polar surface area (TPSA) is 64.8 Å². The van der Waals surface area contributed by atoms with Gasteiger partial charge in [0.15, 0.2) is 0 Å². The van der Waals surface area contributed by atoms with Crippen LogP contribution in [0.5, 0.6) is 0 Å². The summed E-state index contributed by atoms with van der Waals surface area (Å²) in [5.74, 6) is 0.721. The largest absolute Gasteiger partial charge is 0.467 e. The van der Waals surface area contributed by atoms with E-state index in [1.807, 2.05) is 79.4 Å². The van der Waals surface area contributed by atoms with Gasteiger partial charge in [-0.05, 0) is 43.7 Å². The molecule has 0 aliphatic carbocycles. The van der Waals surface area contributed by atoms with Crippen molar-refractivity contribution in [1.82, 2.24) is 9.88 Å². The molecule has 0 bridgehead atoms. The van der Waals surface area contributed by atoms with Crippen LogP contribution in [0.25, 0.3) is 0 Å². The van der Waals surface area contributed by atoms with E-state index >= 15 is 0 Å². The maximum absolute atomic E-state index is 13.4. The maximum atomic E-state index is 13.4. The summed E-state index contributed by atoms with van der Waals surface area (Å²) < 4.78 is 30.3. The van der Waals surface area contributed by atoms with Crippen LogP contribution >= 0.6 is 7.60 Å². The molecule has 3 rings (SSSR count). The predicted octanol–water partition coefficient (Wildman–Crippen LogP) is 5.49. The summed E-state index contributed by atoms with van der Waals surface area (Å²) in [6, 6.07) is 19.2. The fourth-order valence-corrected chi connectivity index (χ4v) is 5.01. The normalized spacial score (nSPS) is 12.9.